The number of ether oxygens (including phenoxy) is 2. The van der Waals surface area contributed by atoms with Crippen LogP contribution in [0.5, 0.6) is 0 Å². The van der Waals surface area contributed by atoms with Gasteiger partial charge in [-0.3, -0.25) is 0 Å². The van der Waals surface area contributed by atoms with Crippen LogP contribution in [0.3, 0.4) is 0 Å². The summed E-state index contributed by atoms with van der Waals surface area (Å²) in [7, 11) is 2.39. The lowest BCUT2D eigenvalue weighted by molar-refractivity contribution is -0.145. The van der Waals surface area contributed by atoms with Gasteiger partial charge in [0, 0.05) is 11.5 Å². The molecule has 0 aliphatic rings. The topological polar surface area (TPSA) is 163 Å². The molecular formula is C12H22N4O6S2. The van der Waals surface area contributed by atoms with E-state index in [0.29, 0.717) is 0 Å². The molecule has 6 N–H and O–H groups in total. The van der Waals surface area contributed by atoms with Crippen LogP contribution in [-0.2, 0) is 19.1 Å². The van der Waals surface area contributed by atoms with Crippen molar-refractivity contribution < 1.29 is 28.7 Å². The maximum Gasteiger partial charge on any atom is 0.329 e. The quantitative estimate of drug-likeness (QED) is 0.212. The van der Waals surface area contributed by atoms with Crippen molar-refractivity contribution in [1.82, 2.24) is 10.6 Å². The molecule has 0 spiro atoms. The van der Waals surface area contributed by atoms with Crippen molar-refractivity contribution in [2.24, 2.45) is 11.5 Å². The molecule has 10 nitrogen and oxygen atoms in total. The summed E-state index contributed by atoms with van der Waals surface area (Å²) >= 11 is 0. The van der Waals surface area contributed by atoms with E-state index in [0.717, 1.165) is 0 Å². The number of hydrogen-bond donors (Lipinski definition) is 4. The van der Waals surface area contributed by atoms with Gasteiger partial charge in [-0.2, -0.15) is 0 Å². The highest BCUT2D eigenvalue weighted by atomic mass is 33.1. The third-order valence-corrected chi connectivity index (χ3v) is 4.75. The summed E-state index contributed by atoms with van der Waals surface area (Å²) in [4.78, 5) is 45.2. The number of primary amides is 2. The van der Waals surface area contributed by atoms with Crippen LogP contribution in [0, 0.1) is 0 Å². The molecule has 0 aromatic heterocycles. The lowest BCUT2D eigenvalue weighted by Crippen LogP contribution is -2.46. The number of rotatable bonds is 11. The Hall–Kier alpha value is -1.82. The van der Waals surface area contributed by atoms with Crippen molar-refractivity contribution in [1.29, 1.82) is 0 Å². The van der Waals surface area contributed by atoms with Crippen molar-refractivity contribution in [3.63, 3.8) is 0 Å². The van der Waals surface area contributed by atoms with Gasteiger partial charge in [0.05, 0.1) is 13.2 Å². The minimum atomic E-state index is -0.912. The lowest BCUT2D eigenvalue weighted by Gasteiger charge is -2.17. The first-order valence-corrected chi connectivity index (χ1v) is 9.50. The molecule has 0 saturated heterocycles. The highest BCUT2D eigenvalue weighted by molar-refractivity contribution is 8.76. The number of nitrogens with one attached hydrogen (secondary N) is 2. The second-order valence-electron chi connectivity index (χ2n) is 4.20. The van der Waals surface area contributed by atoms with E-state index in [4.69, 9.17) is 20.9 Å². The standard InChI is InChI=1S/C12H22N4O6S2/c1-3-21-9(17)7(15-11(13)19)5-23-24-6-8(16-12(14)20)10(18)22-4-2/h7-8H,3-6H2,1-2H3,(H3,13,15,19)(H3,14,16,20). The number of amides is 4. The number of nitrogens with two attached hydrogens (primary N) is 2. The normalized spacial score (nSPS) is 12.6. The second-order valence-corrected chi connectivity index (χ2v) is 6.75. The summed E-state index contributed by atoms with van der Waals surface area (Å²) < 4.78 is 9.65. The summed E-state index contributed by atoms with van der Waals surface area (Å²) in [5, 5.41) is 4.55. The van der Waals surface area contributed by atoms with Crippen molar-refractivity contribution in [3.05, 3.63) is 0 Å². The molecule has 0 radical (unpaired) electrons. The number of urea groups is 2. The van der Waals surface area contributed by atoms with E-state index >= 15 is 0 Å². The zero-order chi connectivity index (χ0) is 18.5. The Kier molecular flexibility index (Phi) is 11.6. The zero-order valence-corrected chi connectivity index (χ0v) is 15.0. The smallest absolute Gasteiger partial charge is 0.329 e. The van der Waals surface area contributed by atoms with Gasteiger partial charge in [-0.15, -0.1) is 0 Å². The molecule has 24 heavy (non-hydrogen) atoms. The molecule has 2 atom stereocenters. The zero-order valence-electron chi connectivity index (χ0n) is 13.4. The molecule has 0 fully saturated rings. The van der Waals surface area contributed by atoms with Crippen LogP contribution in [0.1, 0.15) is 13.8 Å². The van der Waals surface area contributed by atoms with Gasteiger partial charge in [-0.25, -0.2) is 19.2 Å². The van der Waals surface area contributed by atoms with Crippen molar-refractivity contribution in [2.45, 2.75) is 25.9 Å². The number of carbonyl (C=O) groups excluding carboxylic acids is 4. The third-order valence-electron chi connectivity index (χ3n) is 2.33. The SMILES string of the molecule is CCOC(=O)C(CSSCC(NC(N)=O)C(=O)OCC)NC(N)=O. The fourth-order valence-electron chi connectivity index (χ4n) is 1.40. The van der Waals surface area contributed by atoms with Crippen molar-refractivity contribution >= 4 is 45.6 Å². The summed E-state index contributed by atoms with van der Waals surface area (Å²) in [5.74, 6) is -0.889. The Morgan fingerprint density at radius 2 is 1.17 bits per heavy atom. The monoisotopic (exact) mass is 382 g/mol. The summed E-state index contributed by atoms with van der Waals surface area (Å²) in [6, 6.07) is -3.52. The van der Waals surface area contributed by atoms with Gasteiger partial charge < -0.3 is 31.6 Å². The van der Waals surface area contributed by atoms with Crippen LogP contribution < -0.4 is 22.1 Å². The minimum Gasteiger partial charge on any atom is -0.464 e. The summed E-state index contributed by atoms with van der Waals surface area (Å²) in [6.07, 6.45) is 0. The van der Waals surface area contributed by atoms with Crippen LogP contribution in [0.2, 0.25) is 0 Å². The predicted molar refractivity (Wildman–Crippen MR) is 91.2 cm³/mol. The average Bonchev–Trinajstić information content (AvgIpc) is 2.48. The molecule has 0 aliphatic heterocycles. The Balaban J connectivity index is 4.44. The minimum absolute atomic E-state index is 0.165. The van der Waals surface area contributed by atoms with Crippen molar-refractivity contribution in [3.8, 4) is 0 Å². The average molecular weight is 382 g/mol. The molecule has 4 amide bonds. The maximum atomic E-state index is 11.7. The number of carbonyl (C=O) groups is 4. The van der Waals surface area contributed by atoms with E-state index in [2.05, 4.69) is 10.6 Å². The molecule has 0 heterocycles. The van der Waals surface area contributed by atoms with Gasteiger partial charge in [0.1, 0.15) is 12.1 Å². The predicted octanol–water partition coefficient (Wildman–Crippen LogP) is -0.432. The number of hydrogen-bond acceptors (Lipinski definition) is 8. The molecule has 0 bridgehead atoms. The summed E-state index contributed by atoms with van der Waals surface area (Å²) in [5.41, 5.74) is 10.0. The molecule has 12 heteroatoms. The van der Waals surface area contributed by atoms with Crippen LogP contribution in [0.4, 0.5) is 9.59 Å². The molecule has 0 saturated carbocycles. The largest absolute Gasteiger partial charge is 0.464 e. The Morgan fingerprint density at radius 1 is 0.833 bits per heavy atom. The fraction of sp³-hybridized carbons (Fsp3) is 0.667. The van der Waals surface area contributed by atoms with Gasteiger partial charge in [-0.1, -0.05) is 21.6 Å². The third kappa shape index (κ3) is 10.0. The highest BCUT2D eigenvalue weighted by Crippen LogP contribution is 2.23. The molecule has 2 unspecified atom stereocenters. The van der Waals surface area contributed by atoms with Gasteiger partial charge in [-0.05, 0) is 13.8 Å². The van der Waals surface area contributed by atoms with E-state index in [1.807, 2.05) is 0 Å². The van der Waals surface area contributed by atoms with Crippen LogP contribution >= 0.6 is 21.6 Å². The Morgan fingerprint density at radius 3 is 1.42 bits per heavy atom. The van der Waals surface area contributed by atoms with Gasteiger partial charge in [0.25, 0.3) is 0 Å². The Bertz CT molecular complexity index is 411. The van der Waals surface area contributed by atoms with E-state index in [1.54, 1.807) is 13.8 Å². The highest BCUT2D eigenvalue weighted by Gasteiger charge is 2.24. The molecule has 0 aliphatic carbocycles. The molecule has 0 aromatic rings. The van der Waals surface area contributed by atoms with E-state index < -0.39 is 36.1 Å². The first-order chi connectivity index (χ1) is 11.3. The number of esters is 2. The van der Waals surface area contributed by atoms with Gasteiger partial charge in [0.15, 0.2) is 0 Å². The van der Waals surface area contributed by atoms with Crippen molar-refractivity contribution in [2.75, 3.05) is 24.7 Å². The van der Waals surface area contributed by atoms with E-state index in [9.17, 15) is 19.2 Å². The maximum absolute atomic E-state index is 11.7. The summed E-state index contributed by atoms with van der Waals surface area (Å²) in [6.45, 7) is 3.61. The van der Waals surface area contributed by atoms with Gasteiger partial charge >= 0.3 is 24.0 Å². The molecule has 0 aromatic carbocycles. The van der Waals surface area contributed by atoms with Crippen LogP contribution in [0.15, 0.2) is 0 Å². The second kappa shape index (κ2) is 12.6. The van der Waals surface area contributed by atoms with Crippen LogP contribution in [-0.4, -0.2) is 60.8 Å². The fourth-order valence-corrected chi connectivity index (χ4v) is 3.70. The van der Waals surface area contributed by atoms with E-state index in [1.165, 1.54) is 21.6 Å². The molecule has 138 valence electrons. The first-order valence-electron chi connectivity index (χ1n) is 7.01. The van der Waals surface area contributed by atoms with E-state index in [-0.39, 0.29) is 24.7 Å². The molecule has 0 rings (SSSR count). The van der Waals surface area contributed by atoms with Gasteiger partial charge in [0.2, 0.25) is 0 Å². The molecular weight excluding hydrogens is 360 g/mol. The van der Waals surface area contributed by atoms with Crippen LogP contribution in [0.25, 0.3) is 0 Å². The first kappa shape index (κ1) is 22.2. The Labute approximate surface area is 147 Å². The lowest BCUT2D eigenvalue weighted by atomic mass is 10.3.